The number of amides is 1. The molecule has 1 fully saturated rings. The lowest BCUT2D eigenvalue weighted by Crippen LogP contribution is -2.42. The standard InChI is InChI=1S/C13H16ClN3OS2/c1-3-19-13-15-11(14)10-8-4-5-17(7(2)18)6-9(8)20-12(10)16-13/h8-9H,3-6H2,1-2H3. The van der Waals surface area contributed by atoms with Crippen LogP contribution >= 0.6 is 35.1 Å². The second-order valence-corrected chi connectivity index (χ2v) is 7.78. The summed E-state index contributed by atoms with van der Waals surface area (Å²) in [5, 5.41) is 2.74. The molecule has 0 saturated carbocycles. The Labute approximate surface area is 132 Å². The van der Waals surface area contributed by atoms with Crippen molar-refractivity contribution in [3.8, 4) is 0 Å². The summed E-state index contributed by atoms with van der Waals surface area (Å²) in [6, 6.07) is 0. The van der Waals surface area contributed by atoms with Crippen LogP contribution in [0.5, 0.6) is 0 Å². The molecular weight excluding hydrogens is 314 g/mol. The summed E-state index contributed by atoms with van der Waals surface area (Å²) < 4.78 is 0. The van der Waals surface area contributed by atoms with Crippen LogP contribution in [-0.2, 0) is 4.79 Å². The third-order valence-electron chi connectivity index (χ3n) is 3.76. The van der Waals surface area contributed by atoms with Crippen molar-refractivity contribution in [1.29, 1.82) is 0 Å². The zero-order valence-corrected chi connectivity index (χ0v) is 13.8. The normalized spacial score (nSPS) is 24.4. The molecule has 1 amide bonds. The van der Waals surface area contributed by atoms with Crippen LogP contribution in [0.1, 0.15) is 31.7 Å². The minimum atomic E-state index is 0.152. The molecular formula is C13H16ClN3OS2. The van der Waals surface area contributed by atoms with Gasteiger partial charge in [-0.05, 0) is 12.2 Å². The molecule has 0 spiro atoms. The first kappa shape index (κ1) is 14.5. The lowest BCUT2D eigenvalue weighted by atomic mass is 9.91. The van der Waals surface area contributed by atoms with E-state index in [1.165, 1.54) is 0 Å². The fourth-order valence-corrected chi connectivity index (χ4v) is 5.33. The van der Waals surface area contributed by atoms with Crippen molar-refractivity contribution >= 4 is 41.0 Å². The summed E-state index contributed by atoms with van der Waals surface area (Å²) in [5.74, 6) is 1.48. The van der Waals surface area contributed by atoms with Crippen LogP contribution in [0.4, 0.5) is 0 Å². The first-order valence-corrected chi connectivity index (χ1v) is 8.97. The number of aromatic nitrogens is 2. The summed E-state index contributed by atoms with van der Waals surface area (Å²) in [6.07, 6.45) is 0.952. The summed E-state index contributed by atoms with van der Waals surface area (Å²) in [6.45, 7) is 5.30. The minimum Gasteiger partial charge on any atom is -0.342 e. The van der Waals surface area contributed by atoms with Crippen molar-refractivity contribution in [3.05, 3.63) is 10.7 Å². The number of carbonyl (C=O) groups excluding carboxylic acids is 1. The molecule has 0 aromatic carbocycles. The predicted molar refractivity (Wildman–Crippen MR) is 82.7 cm³/mol. The van der Waals surface area contributed by atoms with E-state index in [2.05, 4.69) is 16.9 Å². The second-order valence-electron chi connectivity index (χ2n) is 4.97. The summed E-state index contributed by atoms with van der Waals surface area (Å²) >= 11 is 9.73. The SMILES string of the molecule is CCSc1nc(Cl)c2c(n1)SC1CN(C(C)=O)CCC21. The summed E-state index contributed by atoms with van der Waals surface area (Å²) in [4.78, 5) is 22.5. The minimum absolute atomic E-state index is 0.152. The Balaban J connectivity index is 1.88. The molecule has 1 aromatic rings. The third-order valence-corrected chi connectivity index (χ3v) is 6.09. The van der Waals surface area contributed by atoms with Gasteiger partial charge in [-0.15, -0.1) is 11.8 Å². The van der Waals surface area contributed by atoms with E-state index >= 15 is 0 Å². The maximum atomic E-state index is 11.5. The predicted octanol–water partition coefficient (Wildman–Crippen LogP) is 3.05. The van der Waals surface area contributed by atoms with Crippen LogP contribution in [-0.4, -0.2) is 44.9 Å². The lowest BCUT2D eigenvalue weighted by Gasteiger charge is -2.33. The number of nitrogens with zero attached hydrogens (tertiary/aromatic N) is 3. The van der Waals surface area contributed by atoms with Crippen molar-refractivity contribution < 1.29 is 4.79 Å². The summed E-state index contributed by atoms with van der Waals surface area (Å²) in [5.41, 5.74) is 1.10. The Morgan fingerprint density at radius 3 is 3.05 bits per heavy atom. The third kappa shape index (κ3) is 2.53. The van der Waals surface area contributed by atoms with E-state index in [0.29, 0.717) is 16.3 Å². The van der Waals surface area contributed by atoms with E-state index in [4.69, 9.17) is 11.6 Å². The van der Waals surface area contributed by atoms with Crippen LogP contribution < -0.4 is 0 Å². The van der Waals surface area contributed by atoms with Gasteiger partial charge in [0, 0.05) is 36.7 Å². The van der Waals surface area contributed by atoms with E-state index in [1.807, 2.05) is 4.90 Å². The quantitative estimate of drug-likeness (QED) is 0.474. The molecule has 20 heavy (non-hydrogen) atoms. The Kier molecular flexibility index (Phi) is 4.15. The lowest BCUT2D eigenvalue weighted by molar-refractivity contribution is -0.129. The molecule has 3 rings (SSSR count). The smallest absolute Gasteiger partial charge is 0.219 e. The number of carbonyl (C=O) groups is 1. The number of rotatable bonds is 2. The number of fused-ring (bicyclic) bond motifs is 3. The van der Waals surface area contributed by atoms with Gasteiger partial charge in [0.25, 0.3) is 0 Å². The Morgan fingerprint density at radius 2 is 2.35 bits per heavy atom. The molecule has 4 nitrogen and oxygen atoms in total. The first-order valence-electron chi connectivity index (χ1n) is 6.72. The molecule has 2 unspecified atom stereocenters. The molecule has 1 aromatic heterocycles. The number of likely N-dealkylation sites (tertiary alicyclic amines) is 1. The topological polar surface area (TPSA) is 46.1 Å². The number of piperidine rings is 1. The molecule has 2 atom stereocenters. The maximum Gasteiger partial charge on any atom is 0.219 e. The van der Waals surface area contributed by atoms with Crippen LogP contribution in [0, 0.1) is 0 Å². The fourth-order valence-electron chi connectivity index (χ4n) is 2.80. The number of hydrogen-bond acceptors (Lipinski definition) is 5. The molecule has 0 bridgehead atoms. The number of thioether (sulfide) groups is 2. The number of hydrogen-bond donors (Lipinski definition) is 0. The zero-order valence-electron chi connectivity index (χ0n) is 11.4. The second kappa shape index (κ2) is 5.73. The molecule has 0 radical (unpaired) electrons. The van der Waals surface area contributed by atoms with Crippen molar-refractivity contribution in [1.82, 2.24) is 14.9 Å². The molecule has 1 saturated heterocycles. The van der Waals surface area contributed by atoms with Gasteiger partial charge in [0.05, 0.1) is 0 Å². The monoisotopic (exact) mass is 329 g/mol. The van der Waals surface area contributed by atoms with Gasteiger partial charge in [0.1, 0.15) is 10.2 Å². The molecule has 0 aliphatic carbocycles. The Morgan fingerprint density at radius 1 is 1.55 bits per heavy atom. The van der Waals surface area contributed by atoms with Gasteiger partial charge in [0.2, 0.25) is 5.91 Å². The van der Waals surface area contributed by atoms with Crippen LogP contribution in [0.15, 0.2) is 10.2 Å². The average molecular weight is 330 g/mol. The highest BCUT2D eigenvalue weighted by atomic mass is 35.5. The zero-order chi connectivity index (χ0) is 14.3. The highest BCUT2D eigenvalue weighted by Crippen LogP contribution is 2.50. The van der Waals surface area contributed by atoms with Gasteiger partial charge >= 0.3 is 0 Å². The highest BCUT2D eigenvalue weighted by Gasteiger charge is 2.41. The van der Waals surface area contributed by atoms with E-state index in [9.17, 15) is 4.79 Å². The first-order chi connectivity index (χ1) is 9.60. The van der Waals surface area contributed by atoms with Crippen LogP contribution in [0.2, 0.25) is 5.15 Å². The average Bonchev–Trinajstić information content (AvgIpc) is 2.76. The molecule has 0 N–H and O–H groups in total. The molecule has 3 heterocycles. The van der Waals surface area contributed by atoms with E-state index in [1.54, 1.807) is 30.4 Å². The van der Waals surface area contributed by atoms with Crippen molar-refractivity contribution in [3.63, 3.8) is 0 Å². The van der Waals surface area contributed by atoms with E-state index in [-0.39, 0.29) is 5.91 Å². The van der Waals surface area contributed by atoms with E-state index in [0.717, 1.165) is 41.0 Å². The van der Waals surface area contributed by atoms with E-state index < -0.39 is 0 Å². The maximum absolute atomic E-state index is 11.5. The Bertz CT molecular complexity index is 555. The largest absolute Gasteiger partial charge is 0.342 e. The van der Waals surface area contributed by atoms with Gasteiger partial charge in [-0.1, -0.05) is 30.3 Å². The molecule has 2 aliphatic heterocycles. The Hall–Kier alpha value is -0.460. The van der Waals surface area contributed by atoms with Crippen LogP contribution in [0.3, 0.4) is 0 Å². The van der Waals surface area contributed by atoms with Crippen LogP contribution in [0.25, 0.3) is 0 Å². The van der Waals surface area contributed by atoms with Crippen molar-refractivity contribution in [2.75, 3.05) is 18.8 Å². The summed E-state index contributed by atoms with van der Waals surface area (Å²) in [7, 11) is 0. The highest BCUT2D eigenvalue weighted by molar-refractivity contribution is 8.00. The number of halogens is 1. The molecule has 108 valence electrons. The van der Waals surface area contributed by atoms with Crippen molar-refractivity contribution in [2.24, 2.45) is 0 Å². The molecule has 2 aliphatic rings. The van der Waals surface area contributed by atoms with Crippen molar-refractivity contribution in [2.45, 2.75) is 41.6 Å². The van der Waals surface area contributed by atoms with Gasteiger partial charge in [0.15, 0.2) is 5.16 Å². The van der Waals surface area contributed by atoms with Gasteiger partial charge in [-0.3, -0.25) is 4.79 Å². The van der Waals surface area contributed by atoms with Gasteiger partial charge < -0.3 is 4.90 Å². The van der Waals surface area contributed by atoms with Gasteiger partial charge in [-0.2, -0.15) is 0 Å². The molecule has 7 heteroatoms. The van der Waals surface area contributed by atoms with Gasteiger partial charge in [-0.25, -0.2) is 9.97 Å². The fraction of sp³-hybridized carbons (Fsp3) is 0.615.